The number of nitrogens with zero attached hydrogens (tertiary/aromatic N) is 1. The maximum atomic E-state index is 12.8. The van der Waals surface area contributed by atoms with E-state index in [-0.39, 0.29) is 42.0 Å². The number of aliphatic imine (C=N–C) groups is 1. The maximum Gasteiger partial charge on any atom is 0.387 e. The van der Waals surface area contributed by atoms with Crippen LogP contribution in [0.15, 0.2) is 23.2 Å². The number of aliphatic hydroxyl groups is 1. The number of guanidine groups is 1. The molecule has 0 unspecified atom stereocenters. The van der Waals surface area contributed by atoms with Gasteiger partial charge in [-0.2, -0.15) is 8.78 Å². The van der Waals surface area contributed by atoms with Crippen molar-refractivity contribution < 1.29 is 23.4 Å². The predicted molar refractivity (Wildman–Crippen MR) is 111 cm³/mol. The SMILES string of the molecule is CCNC(=NCc1cccc(OCC)c1OC(F)F)NCC1(O)CCC1.I. The van der Waals surface area contributed by atoms with Gasteiger partial charge in [-0.05, 0) is 39.2 Å². The van der Waals surface area contributed by atoms with Crippen molar-refractivity contribution in [1.29, 1.82) is 0 Å². The maximum absolute atomic E-state index is 12.8. The van der Waals surface area contributed by atoms with Crippen LogP contribution in [0.25, 0.3) is 0 Å². The summed E-state index contributed by atoms with van der Waals surface area (Å²) in [6.07, 6.45) is 2.55. The molecule has 3 N–H and O–H groups in total. The third-order valence-electron chi connectivity index (χ3n) is 4.19. The predicted octanol–water partition coefficient (Wildman–Crippen LogP) is 3.27. The average molecular weight is 499 g/mol. The van der Waals surface area contributed by atoms with Gasteiger partial charge >= 0.3 is 6.61 Å². The lowest BCUT2D eigenvalue weighted by Gasteiger charge is -2.37. The van der Waals surface area contributed by atoms with E-state index in [0.29, 0.717) is 31.2 Å². The van der Waals surface area contributed by atoms with E-state index < -0.39 is 12.2 Å². The van der Waals surface area contributed by atoms with E-state index >= 15 is 0 Å². The Bertz CT molecular complexity index is 614. The molecule has 1 aliphatic rings. The van der Waals surface area contributed by atoms with Crippen molar-refractivity contribution in [2.45, 2.75) is 51.9 Å². The largest absolute Gasteiger partial charge is 0.490 e. The molecule has 1 aromatic carbocycles. The van der Waals surface area contributed by atoms with Gasteiger partial charge in [0.1, 0.15) is 0 Å². The molecule has 0 bridgehead atoms. The van der Waals surface area contributed by atoms with E-state index in [1.54, 1.807) is 25.1 Å². The Morgan fingerprint density at radius 1 is 1.30 bits per heavy atom. The number of hydrogen-bond acceptors (Lipinski definition) is 4. The Kier molecular flexibility index (Phi) is 10.1. The first-order valence-corrected chi connectivity index (χ1v) is 8.91. The first-order valence-electron chi connectivity index (χ1n) is 8.91. The van der Waals surface area contributed by atoms with Crippen molar-refractivity contribution in [3.05, 3.63) is 23.8 Å². The van der Waals surface area contributed by atoms with Crippen LogP contribution in [0.2, 0.25) is 0 Å². The van der Waals surface area contributed by atoms with Gasteiger partial charge in [-0.3, -0.25) is 0 Å². The third-order valence-corrected chi connectivity index (χ3v) is 4.19. The molecule has 1 aromatic rings. The minimum absolute atomic E-state index is 0. The van der Waals surface area contributed by atoms with Crippen molar-refractivity contribution in [1.82, 2.24) is 10.6 Å². The summed E-state index contributed by atoms with van der Waals surface area (Å²) in [5.41, 5.74) is -0.189. The van der Waals surface area contributed by atoms with Crippen molar-refractivity contribution >= 4 is 29.9 Å². The summed E-state index contributed by atoms with van der Waals surface area (Å²) in [5, 5.41) is 16.4. The van der Waals surface area contributed by atoms with Crippen LogP contribution < -0.4 is 20.1 Å². The van der Waals surface area contributed by atoms with Crippen LogP contribution in [0.3, 0.4) is 0 Å². The molecule has 0 saturated heterocycles. The Morgan fingerprint density at radius 2 is 2.04 bits per heavy atom. The zero-order valence-corrected chi connectivity index (χ0v) is 18.0. The monoisotopic (exact) mass is 499 g/mol. The van der Waals surface area contributed by atoms with Crippen molar-refractivity contribution in [2.75, 3.05) is 19.7 Å². The summed E-state index contributed by atoms with van der Waals surface area (Å²) in [6.45, 7) is 2.28. The van der Waals surface area contributed by atoms with Gasteiger partial charge in [-0.25, -0.2) is 4.99 Å². The lowest BCUT2D eigenvalue weighted by Crippen LogP contribution is -2.50. The van der Waals surface area contributed by atoms with Crippen LogP contribution in [0.4, 0.5) is 8.78 Å². The minimum atomic E-state index is -2.95. The van der Waals surface area contributed by atoms with E-state index in [2.05, 4.69) is 20.4 Å². The Labute approximate surface area is 175 Å². The fourth-order valence-electron chi connectivity index (χ4n) is 2.69. The van der Waals surface area contributed by atoms with Gasteiger partial charge in [0, 0.05) is 18.7 Å². The van der Waals surface area contributed by atoms with Crippen LogP contribution in [0.5, 0.6) is 11.5 Å². The van der Waals surface area contributed by atoms with E-state index in [1.807, 2.05) is 6.92 Å². The van der Waals surface area contributed by atoms with Crippen LogP contribution >= 0.6 is 24.0 Å². The molecular weight excluding hydrogens is 471 g/mol. The molecule has 9 heteroatoms. The minimum Gasteiger partial charge on any atom is -0.490 e. The fraction of sp³-hybridized carbons (Fsp3) is 0.611. The second kappa shape index (κ2) is 11.5. The van der Waals surface area contributed by atoms with Crippen LogP contribution in [-0.4, -0.2) is 43.0 Å². The topological polar surface area (TPSA) is 75.1 Å². The van der Waals surface area contributed by atoms with E-state index in [1.165, 1.54) is 0 Å². The number of rotatable bonds is 9. The molecule has 0 atom stereocenters. The summed E-state index contributed by atoms with van der Waals surface area (Å²) in [4.78, 5) is 4.42. The summed E-state index contributed by atoms with van der Waals surface area (Å²) >= 11 is 0. The van der Waals surface area contributed by atoms with Gasteiger partial charge < -0.3 is 25.2 Å². The molecule has 0 radical (unpaired) electrons. The number of para-hydroxylation sites is 1. The number of ether oxygens (including phenoxy) is 2. The van der Waals surface area contributed by atoms with Gasteiger partial charge in [-0.1, -0.05) is 12.1 Å². The summed E-state index contributed by atoms with van der Waals surface area (Å²) in [5.74, 6) is 0.779. The molecule has 2 rings (SSSR count). The van der Waals surface area contributed by atoms with Crippen molar-refractivity contribution in [3.8, 4) is 11.5 Å². The Balaban J connectivity index is 0.00000364. The first-order chi connectivity index (χ1) is 12.5. The highest BCUT2D eigenvalue weighted by atomic mass is 127. The van der Waals surface area contributed by atoms with Gasteiger partial charge in [0.25, 0.3) is 0 Å². The lowest BCUT2D eigenvalue weighted by molar-refractivity contribution is -0.0520. The van der Waals surface area contributed by atoms with E-state index in [9.17, 15) is 13.9 Å². The molecule has 154 valence electrons. The normalized spacial score (nSPS) is 15.6. The highest BCUT2D eigenvalue weighted by Crippen LogP contribution is 2.33. The molecule has 1 saturated carbocycles. The third kappa shape index (κ3) is 7.28. The molecule has 0 spiro atoms. The number of halogens is 3. The average Bonchev–Trinajstić information content (AvgIpc) is 2.57. The standard InChI is InChI=1S/C18H27F2N3O3.HI/c1-3-21-17(23-12-18(24)9-6-10-18)22-11-13-7-5-8-14(25-4-2)15(13)26-16(19)20;/h5,7-8,16,24H,3-4,6,9-12H2,1-2H3,(H2,21,22,23);1H. The van der Waals surface area contributed by atoms with Crippen molar-refractivity contribution in [3.63, 3.8) is 0 Å². The van der Waals surface area contributed by atoms with Gasteiger partial charge in [0.05, 0.1) is 18.8 Å². The summed E-state index contributed by atoms with van der Waals surface area (Å²) in [6, 6.07) is 4.97. The van der Waals surface area contributed by atoms with Gasteiger partial charge in [-0.15, -0.1) is 24.0 Å². The molecule has 0 amide bonds. The molecular formula is C18H28F2IN3O3. The second-order valence-electron chi connectivity index (χ2n) is 6.18. The first kappa shape index (κ1) is 23.7. The number of benzene rings is 1. The van der Waals surface area contributed by atoms with E-state index in [0.717, 1.165) is 19.3 Å². The van der Waals surface area contributed by atoms with Crippen molar-refractivity contribution in [2.24, 2.45) is 4.99 Å². The smallest absolute Gasteiger partial charge is 0.387 e. The van der Waals surface area contributed by atoms with Gasteiger partial charge in [0.2, 0.25) is 0 Å². The Hall–Kier alpha value is -1.36. The molecule has 1 fully saturated rings. The number of alkyl halides is 2. The molecule has 1 aliphatic carbocycles. The lowest BCUT2D eigenvalue weighted by atomic mass is 9.80. The highest BCUT2D eigenvalue weighted by molar-refractivity contribution is 14.0. The molecule has 0 heterocycles. The molecule has 0 aliphatic heterocycles. The van der Waals surface area contributed by atoms with E-state index in [4.69, 9.17) is 4.74 Å². The second-order valence-corrected chi connectivity index (χ2v) is 6.18. The molecule has 0 aromatic heterocycles. The highest BCUT2D eigenvalue weighted by Gasteiger charge is 2.34. The van der Waals surface area contributed by atoms with Crippen LogP contribution in [-0.2, 0) is 6.54 Å². The zero-order valence-electron chi connectivity index (χ0n) is 15.6. The van der Waals surface area contributed by atoms with Gasteiger partial charge in [0.15, 0.2) is 17.5 Å². The summed E-state index contributed by atoms with van der Waals surface area (Å²) in [7, 11) is 0. The zero-order chi connectivity index (χ0) is 19.0. The molecule has 27 heavy (non-hydrogen) atoms. The molecule has 6 nitrogen and oxygen atoms in total. The number of nitrogens with one attached hydrogen (secondary N) is 2. The fourth-order valence-corrected chi connectivity index (χ4v) is 2.69. The summed E-state index contributed by atoms with van der Waals surface area (Å²) < 4.78 is 35.6. The van der Waals surface area contributed by atoms with Crippen LogP contribution in [0, 0.1) is 0 Å². The Morgan fingerprint density at radius 3 is 2.59 bits per heavy atom. The van der Waals surface area contributed by atoms with Crippen LogP contribution in [0.1, 0.15) is 38.7 Å². The number of hydrogen-bond donors (Lipinski definition) is 3. The quantitative estimate of drug-likeness (QED) is 0.276.